The van der Waals surface area contributed by atoms with Gasteiger partial charge in [-0.2, -0.15) is 13.2 Å². The molecule has 0 aromatic rings. The first kappa shape index (κ1) is 14.0. The zero-order chi connectivity index (χ0) is 12.7. The van der Waals surface area contributed by atoms with Gasteiger partial charge in [0.25, 0.3) is 0 Å². The van der Waals surface area contributed by atoms with Crippen molar-refractivity contribution in [2.75, 3.05) is 19.8 Å². The van der Waals surface area contributed by atoms with Crippen LogP contribution in [0.5, 0.6) is 0 Å². The lowest BCUT2D eigenvalue weighted by molar-refractivity contribution is -0.173. The van der Waals surface area contributed by atoms with E-state index < -0.39 is 12.8 Å². The van der Waals surface area contributed by atoms with Gasteiger partial charge in [-0.1, -0.05) is 12.2 Å². The second-order valence-corrected chi connectivity index (χ2v) is 3.99. The quantitative estimate of drug-likeness (QED) is 0.579. The van der Waals surface area contributed by atoms with Crippen molar-refractivity contribution in [2.45, 2.75) is 25.4 Å². The Morgan fingerprint density at radius 3 is 2.82 bits per heavy atom. The van der Waals surface area contributed by atoms with Crippen LogP contribution in [0.25, 0.3) is 0 Å². The number of hydrogen-bond acceptors (Lipinski definition) is 2. The minimum atomic E-state index is -4.31. The number of carbonyl (C=O) groups excluding carboxylic acids is 1. The SMILES string of the molecule is O=C(CC1C=CCC1)NCCOCC(F)(F)F. The van der Waals surface area contributed by atoms with E-state index in [0.29, 0.717) is 6.42 Å². The fourth-order valence-electron chi connectivity index (χ4n) is 1.63. The van der Waals surface area contributed by atoms with Crippen molar-refractivity contribution in [2.24, 2.45) is 5.92 Å². The maximum Gasteiger partial charge on any atom is 0.411 e. The molecule has 0 spiro atoms. The van der Waals surface area contributed by atoms with Crippen LogP contribution < -0.4 is 5.32 Å². The van der Waals surface area contributed by atoms with Gasteiger partial charge >= 0.3 is 6.18 Å². The maximum absolute atomic E-state index is 11.7. The summed E-state index contributed by atoms with van der Waals surface area (Å²) >= 11 is 0. The van der Waals surface area contributed by atoms with E-state index in [9.17, 15) is 18.0 Å². The van der Waals surface area contributed by atoms with E-state index in [2.05, 4.69) is 10.1 Å². The molecule has 0 bridgehead atoms. The number of alkyl halides is 3. The molecule has 1 rings (SSSR count). The summed E-state index contributed by atoms with van der Waals surface area (Å²) < 4.78 is 39.4. The Hall–Kier alpha value is -1.04. The molecule has 17 heavy (non-hydrogen) atoms. The highest BCUT2D eigenvalue weighted by Crippen LogP contribution is 2.19. The number of allylic oxidation sites excluding steroid dienone is 2. The molecule has 3 nitrogen and oxygen atoms in total. The first-order valence-corrected chi connectivity index (χ1v) is 5.55. The Balaban J connectivity index is 1.98. The minimum absolute atomic E-state index is 0.116. The summed E-state index contributed by atoms with van der Waals surface area (Å²) in [7, 11) is 0. The summed E-state index contributed by atoms with van der Waals surface area (Å²) in [5.74, 6) is 0.128. The average Bonchev–Trinajstić information content (AvgIpc) is 2.68. The van der Waals surface area contributed by atoms with Crippen LogP contribution in [0, 0.1) is 5.92 Å². The number of halogens is 3. The van der Waals surface area contributed by atoms with E-state index in [1.54, 1.807) is 0 Å². The second-order valence-electron chi connectivity index (χ2n) is 3.99. The highest BCUT2D eigenvalue weighted by Gasteiger charge is 2.27. The smallest absolute Gasteiger partial charge is 0.370 e. The highest BCUT2D eigenvalue weighted by atomic mass is 19.4. The summed E-state index contributed by atoms with van der Waals surface area (Å²) in [6.07, 6.45) is 2.09. The van der Waals surface area contributed by atoms with Gasteiger partial charge in [0.1, 0.15) is 6.61 Å². The van der Waals surface area contributed by atoms with Gasteiger partial charge in [0.05, 0.1) is 6.61 Å². The van der Waals surface area contributed by atoms with Crippen molar-refractivity contribution in [1.29, 1.82) is 0 Å². The molecule has 0 fully saturated rings. The number of nitrogens with one attached hydrogen (secondary N) is 1. The Bertz CT molecular complexity index is 276. The van der Waals surface area contributed by atoms with E-state index in [0.717, 1.165) is 12.8 Å². The molecule has 0 aliphatic heterocycles. The molecule has 1 unspecified atom stereocenters. The molecule has 0 saturated heterocycles. The molecule has 1 aliphatic rings. The van der Waals surface area contributed by atoms with Crippen molar-refractivity contribution in [1.82, 2.24) is 5.32 Å². The largest absolute Gasteiger partial charge is 0.411 e. The molecule has 0 heterocycles. The Morgan fingerprint density at radius 2 is 2.24 bits per heavy atom. The molecular weight excluding hydrogens is 235 g/mol. The Labute approximate surface area is 98.0 Å². The molecule has 1 N–H and O–H groups in total. The van der Waals surface area contributed by atoms with Crippen LogP contribution in [-0.4, -0.2) is 31.8 Å². The van der Waals surface area contributed by atoms with Gasteiger partial charge in [0.15, 0.2) is 0 Å². The summed E-state index contributed by atoms with van der Waals surface area (Å²) in [6.45, 7) is -1.27. The van der Waals surface area contributed by atoms with Crippen LogP contribution in [0.15, 0.2) is 12.2 Å². The van der Waals surface area contributed by atoms with Gasteiger partial charge in [0.2, 0.25) is 5.91 Å². The van der Waals surface area contributed by atoms with E-state index in [1.165, 1.54) is 0 Å². The van der Waals surface area contributed by atoms with Gasteiger partial charge < -0.3 is 10.1 Å². The zero-order valence-corrected chi connectivity index (χ0v) is 9.43. The summed E-state index contributed by atoms with van der Waals surface area (Å²) in [5, 5.41) is 2.53. The lowest BCUT2D eigenvalue weighted by Crippen LogP contribution is -2.29. The van der Waals surface area contributed by atoms with Crippen LogP contribution in [0.2, 0.25) is 0 Å². The molecule has 0 saturated carbocycles. The number of hydrogen-bond donors (Lipinski definition) is 1. The van der Waals surface area contributed by atoms with Crippen LogP contribution in [0.4, 0.5) is 13.2 Å². The molecule has 0 radical (unpaired) electrons. The zero-order valence-electron chi connectivity index (χ0n) is 9.43. The highest BCUT2D eigenvalue weighted by molar-refractivity contribution is 5.76. The molecule has 6 heteroatoms. The average molecular weight is 251 g/mol. The summed E-state index contributed by atoms with van der Waals surface area (Å²) in [5.41, 5.74) is 0. The van der Waals surface area contributed by atoms with Gasteiger partial charge in [-0.15, -0.1) is 0 Å². The molecule has 1 amide bonds. The van der Waals surface area contributed by atoms with Crippen molar-refractivity contribution < 1.29 is 22.7 Å². The first-order valence-electron chi connectivity index (χ1n) is 5.55. The van der Waals surface area contributed by atoms with Gasteiger partial charge in [0, 0.05) is 13.0 Å². The van der Waals surface area contributed by atoms with Crippen molar-refractivity contribution in [3.63, 3.8) is 0 Å². The molecule has 0 aromatic carbocycles. The van der Waals surface area contributed by atoms with Gasteiger partial charge in [-0.25, -0.2) is 0 Å². The van der Waals surface area contributed by atoms with E-state index in [4.69, 9.17) is 0 Å². The predicted molar refractivity (Wildman–Crippen MR) is 56.4 cm³/mol. The monoisotopic (exact) mass is 251 g/mol. The van der Waals surface area contributed by atoms with Crippen LogP contribution in [-0.2, 0) is 9.53 Å². The summed E-state index contributed by atoms with van der Waals surface area (Å²) in [4.78, 5) is 11.3. The lowest BCUT2D eigenvalue weighted by Gasteiger charge is -2.10. The fourth-order valence-corrected chi connectivity index (χ4v) is 1.63. The summed E-state index contributed by atoms with van der Waals surface area (Å²) in [6, 6.07) is 0. The van der Waals surface area contributed by atoms with Crippen molar-refractivity contribution in [3.8, 4) is 0 Å². The molecule has 1 aliphatic carbocycles. The number of carbonyl (C=O) groups is 1. The van der Waals surface area contributed by atoms with E-state index in [-0.39, 0.29) is 25.0 Å². The normalized spacial score (nSPS) is 19.6. The fraction of sp³-hybridized carbons (Fsp3) is 0.727. The minimum Gasteiger partial charge on any atom is -0.370 e. The van der Waals surface area contributed by atoms with Crippen LogP contribution in [0.3, 0.4) is 0 Å². The third-order valence-corrected chi connectivity index (χ3v) is 2.39. The molecule has 98 valence electrons. The number of amides is 1. The standard InChI is InChI=1S/C11H16F3NO2/c12-11(13,14)8-17-6-5-15-10(16)7-9-3-1-2-4-9/h1,3,9H,2,4-8H2,(H,15,16). The second kappa shape index (κ2) is 6.64. The first-order chi connectivity index (χ1) is 7.97. The third kappa shape index (κ3) is 6.99. The van der Waals surface area contributed by atoms with Gasteiger partial charge in [-0.05, 0) is 18.8 Å². The molecule has 1 atom stereocenters. The molecule has 0 aromatic heterocycles. The predicted octanol–water partition coefficient (Wildman–Crippen LogP) is 2.04. The van der Waals surface area contributed by atoms with Crippen LogP contribution >= 0.6 is 0 Å². The van der Waals surface area contributed by atoms with E-state index >= 15 is 0 Å². The van der Waals surface area contributed by atoms with Crippen LogP contribution in [0.1, 0.15) is 19.3 Å². The number of rotatable bonds is 6. The van der Waals surface area contributed by atoms with Gasteiger partial charge in [-0.3, -0.25) is 4.79 Å². The molecular formula is C11H16F3NO2. The third-order valence-electron chi connectivity index (χ3n) is 2.39. The maximum atomic E-state index is 11.7. The topological polar surface area (TPSA) is 38.3 Å². The van der Waals surface area contributed by atoms with E-state index in [1.807, 2.05) is 12.2 Å². The lowest BCUT2D eigenvalue weighted by atomic mass is 10.1. The van der Waals surface area contributed by atoms with Crippen molar-refractivity contribution >= 4 is 5.91 Å². The van der Waals surface area contributed by atoms with Crippen molar-refractivity contribution in [3.05, 3.63) is 12.2 Å². The Morgan fingerprint density at radius 1 is 1.47 bits per heavy atom. The number of ether oxygens (including phenoxy) is 1. The Kier molecular flexibility index (Phi) is 5.47.